The van der Waals surface area contributed by atoms with Gasteiger partial charge in [0.25, 0.3) is 0 Å². The van der Waals surface area contributed by atoms with Crippen LogP contribution in [0.25, 0.3) is 0 Å². The van der Waals surface area contributed by atoms with Crippen LogP contribution in [0, 0.1) is 16.7 Å². The van der Waals surface area contributed by atoms with Crippen LogP contribution < -0.4 is 4.90 Å². The molecule has 2 heterocycles. The first kappa shape index (κ1) is 12.8. The highest BCUT2D eigenvalue weighted by Crippen LogP contribution is 2.35. The summed E-state index contributed by atoms with van der Waals surface area (Å²) in [5, 5.41) is 8.73. The van der Waals surface area contributed by atoms with Gasteiger partial charge in [0.05, 0.1) is 12.4 Å². The number of anilines is 1. The van der Waals surface area contributed by atoms with Crippen LogP contribution in [0.1, 0.15) is 45.2 Å². The first-order valence-corrected chi connectivity index (χ1v) is 6.64. The lowest BCUT2D eigenvalue weighted by Gasteiger charge is -2.41. The van der Waals surface area contributed by atoms with E-state index in [1.165, 1.54) is 25.7 Å². The summed E-state index contributed by atoms with van der Waals surface area (Å²) < 4.78 is 0. The van der Waals surface area contributed by atoms with Crippen molar-refractivity contribution in [3.63, 3.8) is 0 Å². The maximum atomic E-state index is 8.73. The Morgan fingerprint density at radius 2 is 2.28 bits per heavy atom. The molecule has 1 aromatic heterocycles. The second-order valence-corrected chi connectivity index (χ2v) is 5.46. The first-order chi connectivity index (χ1) is 8.67. The molecule has 0 aliphatic carbocycles. The van der Waals surface area contributed by atoms with E-state index in [1.54, 1.807) is 12.4 Å². The zero-order valence-electron chi connectivity index (χ0n) is 11.2. The molecule has 0 N–H and O–H groups in total. The number of hydrogen-bond acceptors (Lipinski definition) is 4. The van der Waals surface area contributed by atoms with Gasteiger partial charge in [-0.15, -0.1) is 0 Å². The Hall–Kier alpha value is -1.63. The molecule has 4 nitrogen and oxygen atoms in total. The van der Waals surface area contributed by atoms with Gasteiger partial charge in [-0.2, -0.15) is 5.26 Å². The number of nitrogens with zero attached hydrogens (tertiary/aromatic N) is 4. The normalized spacial score (nSPS) is 23.7. The van der Waals surface area contributed by atoms with Crippen LogP contribution in [0.3, 0.4) is 0 Å². The van der Waals surface area contributed by atoms with Crippen molar-refractivity contribution in [3.8, 4) is 6.07 Å². The number of nitriles is 1. The van der Waals surface area contributed by atoms with Gasteiger partial charge in [0.2, 0.25) is 0 Å². The summed E-state index contributed by atoms with van der Waals surface area (Å²) in [5.74, 6) is 0.899. The van der Waals surface area contributed by atoms with Gasteiger partial charge < -0.3 is 4.90 Å². The maximum Gasteiger partial charge on any atom is 0.158 e. The van der Waals surface area contributed by atoms with Gasteiger partial charge in [0, 0.05) is 13.1 Å². The fraction of sp³-hybridized carbons (Fsp3) is 0.643. The average molecular weight is 244 g/mol. The molecule has 1 aliphatic rings. The quantitative estimate of drug-likeness (QED) is 0.820. The van der Waals surface area contributed by atoms with Crippen molar-refractivity contribution >= 4 is 5.82 Å². The molecule has 1 aliphatic heterocycles. The van der Waals surface area contributed by atoms with E-state index in [9.17, 15) is 0 Å². The SMILES string of the molecule is CCC[C@@]1(C)CCCN(c2cnc(C#N)cn2)C1. The van der Waals surface area contributed by atoms with Crippen molar-refractivity contribution in [1.82, 2.24) is 9.97 Å². The van der Waals surface area contributed by atoms with Gasteiger partial charge >= 0.3 is 0 Å². The molecule has 0 amide bonds. The summed E-state index contributed by atoms with van der Waals surface area (Å²) in [5.41, 5.74) is 0.773. The third-order valence-corrected chi connectivity index (χ3v) is 3.71. The minimum absolute atomic E-state index is 0.382. The van der Waals surface area contributed by atoms with Crippen LogP contribution in [0.15, 0.2) is 12.4 Å². The van der Waals surface area contributed by atoms with Crippen molar-refractivity contribution in [2.45, 2.75) is 39.5 Å². The molecule has 0 bridgehead atoms. The minimum atomic E-state index is 0.382. The fourth-order valence-corrected chi connectivity index (χ4v) is 2.86. The van der Waals surface area contributed by atoms with Gasteiger partial charge in [-0.05, 0) is 24.7 Å². The van der Waals surface area contributed by atoms with Crippen molar-refractivity contribution < 1.29 is 0 Å². The molecule has 0 radical (unpaired) electrons. The maximum absolute atomic E-state index is 8.73. The van der Waals surface area contributed by atoms with Gasteiger partial charge in [-0.25, -0.2) is 9.97 Å². The molecule has 2 rings (SSSR count). The van der Waals surface area contributed by atoms with E-state index in [2.05, 4.69) is 28.7 Å². The summed E-state index contributed by atoms with van der Waals surface area (Å²) in [4.78, 5) is 10.7. The standard InChI is InChI=1S/C14H20N4/c1-3-5-14(2)6-4-7-18(11-14)13-10-16-12(8-15)9-17-13/h9-10H,3-7,11H2,1-2H3/t14-/m0/s1. The second-order valence-electron chi connectivity index (χ2n) is 5.46. The monoisotopic (exact) mass is 244 g/mol. The summed E-state index contributed by atoms with van der Waals surface area (Å²) in [6.07, 6.45) is 8.26. The number of rotatable bonds is 3. The Labute approximate surface area is 109 Å². The summed E-state index contributed by atoms with van der Waals surface area (Å²) in [6, 6.07) is 2.00. The van der Waals surface area contributed by atoms with Gasteiger partial charge in [0.15, 0.2) is 5.69 Å². The smallest absolute Gasteiger partial charge is 0.158 e. The summed E-state index contributed by atoms with van der Waals surface area (Å²) in [7, 11) is 0. The lowest BCUT2D eigenvalue weighted by atomic mass is 9.78. The average Bonchev–Trinajstić information content (AvgIpc) is 2.39. The third-order valence-electron chi connectivity index (χ3n) is 3.71. The Kier molecular flexibility index (Phi) is 3.81. The molecule has 4 heteroatoms. The third kappa shape index (κ3) is 2.79. The molecule has 96 valence electrons. The van der Waals surface area contributed by atoms with Crippen molar-refractivity contribution in [1.29, 1.82) is 5.26 Å². The van der Waals surface area contributed by atoms with E-state index >= 15 is 0 Å². The highest BCUT2D eigenvalue weighted by Gasteiger charge is 2.30. The van der Waals surface area contributed by atoms with Crippen LogP contribution in [-0.2, 0) is 0 Å². The zero-order valence-corrected chi connectivity index (χ0v) is 11.2. The van der Waals surface area contributed by atoms with Gasteiger partial charge in [0.1, 0.15) is 11.9 Å². The molecule has 18 heavy (non-hydrogen) atoms. The largest absolute Gasteiger partial charge is 0.355 e. The molecule has 1 fully saturated rings. The molecule has 0 saturated carbocycles. The van der Waals surface area contributed by atoms with E-state index in [1.807, 2.05) is 6.07 Å². The van der Waals surface area contributed by atoms with E-state index in [0.29, 0.717) is 11.1 Å². The summed E-state index contributed by atoms with van der Waals surface area (Å²) >= 11 is 0. The van der Waals surface area contributed by atoms with Crippen LogP contribution in [-0.4, -0.2) is 23.1 Å². The van der Waals surface area contributed by atoms with Gasteiger partial charge in [-0.3, -0.25) is 0 Å². The topological polar surface area (TPSA) is 52.8 Å². The van der Waals surface area contributed by atoms with E-state index in [4.69, 9.17) is 5.26 Å². The second kappa shape index (κ2) is 5.34. The Balaban J connectivity index is 2.10. The fourth-order valence-electron chi connectivity index (χ4n) is 2.86. The van der Waals surface area contributed by atoms with E-state index in [0.717, 1.165) is 18.9 Å². The predicted octanol–water partition coefficient (Wildman–Crippen LogP) is 2.75. The molecule has 0 aromatic carbocycles. The molecule has 1 saturated heterocycles. The molecule has 1 atom stereocenters. The highest BCUT2D eigenvalue weighted by molar-refractivity contribution is 5.38. The number of hydrogen-bond donors (Lipinski definition) is 0. The predicted molar refractivity (Wildman–Crippen MR) is 71.2 cm³/mol. The van der Waals surface area contributed by atoms with Crippen molar-refractivity contribution in [2.24, 2.45) is 5.41 Å². The highest BCUT2D eigenvalue weighted by atomic mass is 15.2. The molecule has 1 aromatic rings. The zero-order chi connectivity index (χ0) is 13.0. The Morgan fingerprint density at radius 3 is 2.89 bits per heavy atom. The molecular weight excluding hydrogens is 224 g/mol. The van der Waals surface area contributed by atoms with E-state index in [-0.39, 0.29) is 0 Å². The minimum Gasteiger partial charge on any atom is -0.355 e. The Bertz CT molecular complexity index is 430. The lowest BCUT2D eigenvalue weighted by Crippen LogP contribution is -2.42. The van der Waals surface area contributed by atoms with Crippen molar-refractivity contribution in [2.75, 3.05) is 18.0 Å². The lowest BCUT2D eigenvalue weighted by molar-refractivity contribution is 0.238. The van der Waals surface area contributed by atoms with Crippen LogP contribution in [0.2, 0.25) is 0 Å². The number of aromatic nitrogens is 2. The number of piperidine rings is 1. The Morgan fingerprint density at radius 1 is 1.44 bits per heavy atom. The van der Waals surface area contributed by atoms with Crippen LogP contribution >= 0.6 is 0 Å². The van der Waals surface area contributed by atoms with Crippen LogP contribution in [0.5, 0.6) is 0 Å². The first-order valence-electron chi connectivity index (χ1n) is 6.64. The van der Waals surface area contributed by atoms with E-state index < -0.39 is 0 Å². The van der Waals surface area contributed by atoms with Crippen molar-refractivity contribution in [3.05, 3.63) is 18.1 Å². The van der Waals surface area contributed by atoms with Gasteiger partial charge in [-0.1, -0.05) is 20.3 Å². The molecular formula is C14H20N4. The molecule has 0 spiro atoms. The summed E-state index contributed by atoms with van der Waals surface area (Å²) in [6.45, 7) is 6.69. The molecule has 0 unspecified atom stereocenters. The van der Waals surface area contributed by atoms with Crippen LogP contribution in [0.4, 0.5) is 5.82 Å².